The van der Waals surface area contributed by atoms with Crippen molar-refractivity contribution in [2.45, 2.75) is 25.6 Å². The van der Waals surface area contributed by atoms with E-state index in [0.29, 0.717) is 33.8 Å². The van der Waals surface area contributed by atoms with Gasteiger partial charge in [0.05, 0.1) is 5.02 Å². The maximum Gasteiger partial charge on any atom is 0.261 e. The van der Waals surface area contributed by atoms with Crippen molar-refractivity contribution in [3.63, 3.8) is 0 Å². The van der Waals surface area contributed by atoms with E-state index in [-0.39, 0.29) is 25.0 Å². The topological polar surface area (TPSA) is 58.6 Å². The lowest BCUT2D eigenvalue weighted by molar-refractivity contribution is -0.142. The quantitative estimate of drug-likeness (QED) is 0.208. The van der Waals surface area contributed by atoms with Gasteiger partial charge in [-0.15, -0.1) is 0 Å². The van der Waals surface area contributed by atoms with E-state index in [1.807, 2.05) is 54.6 Å². The number of halogens is 3. The summed E-state index contributed by atoms with van der Waals surface area (Å²) in [6.07, 6.45) is 0.318. The molecule has 8 heteroatoms. The number of rotatable bonds is 11. The summed E-state index contributed by atoms with van der Waals surface area (Å²) in [5.41, 5.74) is 2.64. The number of benzene rings is 4. The highest BCUT2D eigenvalue weighted by Crippen LogP contribution is 2.24. The molecule has 39 heavy (non-hydrogen) atoms. The Balaban J connectivity index is 1.61. The van der Waals surface area contributed by atoms with Gasteiger partial charge in [0, 0.05) is 29.6 Å². The minimum Gasteiger partial charge on any atom is -0.482 e. The van der Waals surface area contributed by atoms with Crippen LogP contribution in [0.3, 0.4) is 0 Å². The van der Waals surface area contributed by atoms with Gasteiger partial charge in [0.15, 0.2) is 6.61 Å². The van der Waals surface area contributed by atoms with Crippen LogP contribution in [0.5, 0.6) is 5.75 Å². The molecule has 0 aliphatic rings. The fourth-order valence-electron chi connectivity index (χ4n) is 4.03. The molecule has 4 aromatic carbocycles. The highest BCUT2D eigenvalue weighted by atomic mass is 35.5. The molecule has 2 amide bonds. The molecular formula is C31H27Cl3N2O3. The number of amides is 2. The third-order valence-corrected chi connectivity index (χ3v) is 6.92. The molecule has 4 rings (SSSR count). The Morgan fingerprint density at radius 3 is 1.95 bits per heavy atom. The first kappa shape index (κ1) is 28.5. The molecule has 200 valence electrons. The highest BCUT2D eigenvalue weighted by molar-refractivity contribution is 6.32. The summed E-state index contributed by atoms with van der Waals surface area (Å²) in [7, 11) is 0. The molecule has 0 aliphatic carbocycles. The van der Waals surface area contributed by atoms with Crippen molar-refractivity contribution in [3.8, 4) is 5.75 Å². The van der Waals surface area contributed by atoms with Crippen LogP contribution in [0.4, 0.5) is 0 Å². The lowest BCUT2D eigenvalue weighted by Crippen LogP contribution is -2.51. The first-order valence-electron chi connectivity index (χ1n) is 12.4. The van der Waals surface area contributed by atoms with Crippen LogP contribution in [0.1, 0.15) is 16.7 Å². The van der Waals surface area contributed by atoms with Crippen LogP contribution in [0.2, 0.25) is 15.1 Å². The fourth-order valence-corrected chi connectivity index (χ4v) is 4.48. The summed E-state index contributed by atoms with van der Waals surface area (Å²) in [6.45, 7) is 0.196. The third kappa shape index (κ3) is 8.49. The van der Waals surface area contributed by atoms with Gasteiger partial charge in [-0.05, 0) is 53.1 Å². The number of para-hydroxylation sites is 1. The molecule has 0 radical (unpaired) electrons. The summed E-state index contributed by atoms with van der Waals surface area (Å²) in [5.74, 6) is -0.243. The number of hydrogen-bond donors (Lipinski definition) is 1. The Morgan fingerprint density at radius 2 is 1.31 bits per heavy atom. The summed E-state index contributed by atoms with van der Waals surface area (Å²) >= 11 is 18.3. The van der Waals surface area contributed by atoms with Crippen LogP contribution in [-0.2, 0) is 29.1 Å². The molecule has 1 unspecified atom stereocenters. The van der Waals surface area contributed by atoms with E-state index >= 15 is 0 Å². The predicted molar refractivity (Wildman–Crippen MR) is 156 cm³/mol. The Hall–Kier alpha value is -3.51. The van der Waals surface area contributed by atoms with Crippen LogP contribution in [-0.4, -0.2) is 29.4 Å². The van der Waals surface area contributed by atoms with Crippen LogP contribution >= 0.6 is 34.8 Å². The molecular weight excluding hydrogens is 555 g/mol. The second kappa shape index (κ2) is 14.0. The van der Waals surface area contributed by atoms with Gasteiger partial charge in [0.25, 0.3) is 5.91 Å². The molecule has 0 bridgehead atoms. The Labute approximate surface area is 243 Å². The second-order valence-corrected chi connectivity index (χ2v) is 10.2. The van der Waals surface area contributed by atoms with Gasteiger partial charge in [-0.1, -0.05) is 102 Å². The molecule has 0 aliphatic heterocycles. The number of nitrogens with zero attached hydrogens (tertiary/aromatic N) is 1. The van der Waals surface area contributed by atoms with Crippen LogP contribution in [0.25, 0.3) is 0 Å². The summed E-state index contributed by atoms with van der Waals surface area (Å²) < 4.78 is 5.77. The van der Waals surface area contributed by atoms with Crippen molar-refractivity contribution in [2.24, 2.45) is 0 Å². The van der Waals surface area contributed by atoms with Crippen molar-refractivity contribution in [2.75, 3.05) is 6.61 Å². The van der Waals surface area contributed by atoms with E-state index < -0.39 is 6.04 Å². The molecule has 1 N–H and O–H groups in total. The number of carbonyl (C=O) groups is 2. The lowest BCUT2D eigenvalue weighted by atomic mass is 10.0. The number of carbonyl (C=O) groups excluding carboxylic acids is 2. The molecule has 5 nitrogen and oxygen atoms in total. The number of ether oxygens (including phenoxy) is 1. The molecule has 0 saturated carbocycles. The van der Waals surface area contributed by atoms with Gasteiger partial charge < -0.3 is 15.0 Å². The van der Waals surface area contributed by atoms with Crippen LogP contribution < -0.4 is 10.1 Å². The maximum atomic E-state index is 13.7. The Bertz CT molecular complexity index is 1380. The summed E-state index contributed by atoms with van der Waals surface area (Å²) in [4.78, 5) is 28.9. The minimum absolute atomic E-state index is 0.188. The Kier molecular flexibility index (Phi) is 10.3. The largest absolute Gasteiger partial charge is 0.482 e. The molecule has 0 fully saturated rings. The zero-order valence-corrected chi connectivity index (χ0v) is 23.3. The minimum atomic E-state index is -0.808. The molecule has 4 aromatic rings. The molecule has 0 heterocycles. The molecule has 0 spiro atoms. The van der Waals surface area contributed by atoms with Gasteiger partial charge in [0.2, 0.25) is 5.91 Å². The van der Waals surface area contributed by atoms with Gasteiger partial charge in [-0.25, -0.2) is 0 Å². The lowest BCUT2D eigenvalue weighted by Gasteiger charge is -2.31. The number of nitrogens with one attached hydrogen (secondary N) is 1. The van der Waals surface area contributed by atoms with Crippen molar-refractivity contribution in [1.29, 1.82) is 0 Å². The van der Waals surface area contributed by atoms with Crippen molar-refractivity contribution < 1.29 is 14.3 Å². The van der Waals surface area contributed by atoms with Gasteiger partial charge in [0.1, 0.15) is 11.8 Å². The zero-order chi connectivity index (χ0) is 27.6. The SMILES string of the molecule is O=C(NCc1ccc(Cl)cc1)C(Cc1ccccc1)N(Cc1ccc(Cl)cc1)C(=O)COc1ccccc1Cl. The van der Waals surface area contributed by atoms with Gasteiger partial charge in [-0.3, -0.25) is 9.59 Å². The van der Waals surface area contributed by atoms with Crippen LogP contribution in [0.15, 0.2) is 103 Å². The smallest absolute Gasteiger partial charge is 0.261 e. The van der Waals surface area contributed by atoms with Crippen LogP contribution in [0, 0.1) is 0 Å². The second-order valence-electron chi connectivity index (χ2n) is 8.92. The van der Waals surface area contributed by atoms with Crippen molar-refractivity contribution >= 4 is 46.6 Å². The standard InChI is InChI=1S/C31H27Cl3N2O3/c32-25-14-10-23(11-15-25)19-35-31(38)28(18-22-6-2-1-3-7-22)36(20-24-12-16-26(33)17-13-24)30(37)21-39-29-9-5-4-8-27(29)34/h1-17,28H,18-21H2,(H,35,38). The number of hydrogen-bond acceptors (Lipinski definition) is 3. The average molecular weight is 582 g/mol. The van der Waals surface area contributed by atoms with Crippen molar-refractivity contribution in [3.05, 3.63) is 135 Å². The highest BCUT2D eigenvalue weighted by Gasteiger charge is 2.30. The predicted octanol–water partition coefficient (Wildman–Crippen LogP) is 6.98. The first-order valence-corrected chi connectivity index (χ1v) is 13.5. The van der Waals surface area contributed by atoms with Gasteiger partial charge in [-0.2, -0.15) is 0 Å². The van der Waals surface area contributed by atoms with E-state index in [1.165, 1.54) is 0 Å². The first-order chi connectivity index (χ1) is 18.9. The maximum absolute atomic E-state index is 13.7. The van der Waals surface area contributed by atoms with Crippen molar-refractivity contribution in [1.82, 2.24) is 10.2 Å². The average Bonchev–Trinajstić information content (AvgIpc) is 2.95. The van der Waals surface area contributed by atoms with E-state index in [4.69, 9.17) is 39.5 Å². The normalized spacial score (nSPS) is 11.5. The molecule has 0 aromatic heterocycles. The Morgan fingerprint density at radius 1 is 0.718 bits per heavy atom. The van der Waals surface area contributed by atoms with E-state index in [2.05, 4.69) is 5.32 Å². The summed E-state index contributed by atoms with van der Waals surface area (Å²) in [6, 6.07) is 30.2. The fraction of sp³-hybridized carbons (Fsp3) is 0.161. The third-order valence-electron chi connectivity index (χ3n) is 6.11. The zero-order valence-electron chi connectivity index (χ0n) is 21.0. The molecule has 0 saturated heterocycles. The van der Waals surface area contributed by atoms with E-state index in [1.54, 1.807) is 53.4 Å². The molecule has 1 atom stereocenters. The summed E-state index contributed by atoms with van der Waals surface area (Å²) in [5, 5.41) is 4.59. The monoisotopic (exact) mass is 580 g/mol. The van der Waals surface area contributed by atoms with E-state index in [0.717, 1.165) is 16.7 Å². The van der Waals surface area contributed by atoms with Gasteiger partial charge >= 0.3 is 0 Å². The van der Waals surface area contributed by atoms with E-state index in [9.17, 15) is 9.59 Å².